The van der Waals surface area contributed by atoms with Crippen molar-refractivity contribution in [3.8, 4) is 11.4 Å². The number of carbonyl (C=O) groups is 1. The number of aromatic nitrogens is 2. The minimum absolute atomic E-state index is 0.0323. The van der Waals surface area contributed by atoms with Crippen molar-refractivity contribution in [1.82, 2.24) is 15.0 Å². The van der Waals surface area contributed by atoms with Gasteiger partial charge >= 0.3 is 6.03 Å². The van der Waals surface area contributed by atoms with Crippen LogP contribution in [-0.2, 0) is 0 Å². The molecular weight excluding hydrogens is 347 g/mol. The number of likely N-dealkylation sites (tertiary alicyclic amines) is 1. The summed E-state index contributed by atoms with van der Waals surface area (Å²) in [6, 6.07) is 15.4. The van der Waals surface area contributed by atoms with Crippen LogP contribution in [-0.4, -0.2) is 34.2 Å². The zero-order valence-electron chi connectivity index (χ0n) is 14.6. The molecule has 1 aliphatic rings. The lowest BCUT2D eigenvalue weighted by Gasteiger charge is -2.31. The highest BCUT2D eigenvalue weighted by molar-refractivity contribution is 5.89. The van der Waals surface area contributed by atoms with E-state index in [-0.39, 0.29) is 17.6 Å². The topological polar surface area (TPSA) is 71.3 Å². The summed E-state index contributed by atoms with van der Waals surface area (Å²) in [4.78, 5) is 18.7. The van der Waals surface area contributed by atoms with Crippen LogP contribution in [0.1, 0.15) is 24.7 Å². The Bertz CT molecular complexity index is 928. The summed E-state index contributed by atoms with van der Waals surface area (Å²) in [5, 5.41) is 6.68. The van der Waals surface area contributed by atoms with Gasteiger partial charge in [-0.1, -0.05) is 47.6 Å². The van der Waals surface area contributed by atoms with Crippen molar-refractivity contribution < 1.29 is 13.7 Å². The van der Waals surface area contributed by atoms with Crippen LogP contribution in [0.15, 0.2) is 59.1 Å². The lowest BCUT2D eigenvalue weighted by Crippen LogP contribution is -2.41. The largest absolute Gasteiger partial charge is 0.339 e. The van der Waals surface area contributed by atoms with Crippen LogP contribution in [0.5, 0.6) is 0 Å². The van der Waals surface area contributed by atoms with Crippen molar-refractivity contribution in [3.05, 3.63) is 66.3 Å². The smallest absolute Gasteiger partial charge is 0.321 e. The number of carbonyl (C=O) groups excluding carboxylic acids is 1. The molecule has 1 fully saturated rings. The first-order valence-corrected chi connectivity index (χ1v) is 8.90. The fraction of sp³-hybridized carbons (Fsp3) is 0.250. The van der Waals surface area contributed by atoms with Gasteiger partial charge in [0.2, 0.25) is 11.7 Å². The van der Waals surface area contributed by atoms with Gasteiger partial charge < -0.3 is 14.7 Å². The number of nitrogens with one attached hydrogen (secondary N) is 1. The molecule has 1 N–H and O–H groups in total. The Labute approximate surface area is 156 Å². The summed E-state index contributed by atoms with van der Waals surface area (Å²) in [7, 11) is 0. The third-order valence-electron chi connectivity index (χ3n) is 4.65. The van der Waals surface area contributed by atoms with Crippen LogP contribution in [0.4, 0.5) is 14.9 Å². The standard InChI is InChI=1S/C20H19FN4O2/c21-16-10-4-5-11-17(16)22-20(26)25-12-6-9-15(13-25)19-23-18(24-27-19)14-7-2-1-3-8-14/h1-5,7-8,10-11,15H,6,9,12-13H2,(H,22,26). The first-order chi connectivity index (χ1) is 13.2. The van der Waals surface area contributed by atoms with Crippen LogP contribution in [0.2, 0.25) is 0 Å². The first kappa shape index (κ1) is 17.2. The third-order valence-corrected chi connectivity index (χ3v) is 4.65. The van der Waals surface area contributed by atoms with Crippen LogP contribution in [0.25, 0.3) is 11.4 Å². The molecule has 1 aliphatic heterocycles. The molecule has 1 saturated heterocycles. The Kier molecular flexibility index (Phi) is 4.82. The van der Waals surface area contributed by atoms with E-state index in [0.29, 0.717) is 24.8 Å². The number of hydrogen-bond acceptors (Lipinski definition) is 4. The second-order valence-electron chi connectivity index (χ2n) is 6.52. The van der Waals surface area contributed by atoms with Crippen LogP contribution in [0.3, 0.4) is 0 Å². The van der Waals surface area contributed by atoms with Gasteiger partial charge in [-0.2, -0.15) is 4.98 Å². The van der Waals surface area contributed by atoms with Gasteiger partial charge in [-0.3, -0.25) is 0 Å². The molecule has 0 aliphatic carbocycles. The molecule has 27 heavy (non-hydrogen) atoms. The average Bonchev–Trinajstić information content (AvgIpc) is 3.21. The lowest BCUT2D eigenvalue weighted by atomic mass is 9.98. The van der Waals surface area contributed by atoms with Gasteiger partial charge in [-0.05, 0) is 25.0 Å². The number of nitrogens with zero attached hydrogens (tertiary/aromatic N) is 3. The average molecular weight is 366 g/mol. The number of piperidine rings is 1. The van der Waals surface area contributed by atoms with E-state index >= 15 is 0 Å². The summed E-state index contributed by atoms with van der Waals surface area (Å²) in [5.74, 6) is 0.578. The zero-order valence-corrected chi connectivity index (χ0v) is 14.6. The Hall–Kier alpha value is -3.22. The van der Waals surface area contributed by atoms with Gasteiger partial charge in [0.1, 0.15) is 5.82 Å². The SMILES string of the molecule is O=C(Nc1ccccc1F)N1CCCC(c2nc(-c3ccccc3)no2)C1. The number of hydrogen-bond donors (Lipinski definition) is 1. The van der Waals surface area contributed by atoms with Crippen molar-refractivity contribution in [2.45, 2.75) is 18.8 Å². The Morgan fingerprint density at radius 3 is 2.74 bits per heavy atom. The molecule has 4 rings (SSSR count). The predicted molar refractivity (Wildman–Crippen MR) is 98.7 cm³/mol. The van der Waals surface area contributed by atoms with Crippen LogP contribution >= 0.6 is 0 Å². The van der Waals surface area contributed by atoms with Gasteiger partial charge in [0.25, 0.3) is 0 Å². The molecule has 2 aromatic carbocycles. The van der Waals surface area contributed by atoms with Crippen molar-refractivity contribution in [2.24, 2.45) is 0 Å². The lowest BCUT2D eigenvalue weighted by molar-refractivity contribution is 0.184. The fourth-order valence-electron chi connectivity index (χ4n) is 3.23. The van der Waals surface area contributed by atoms with E-state index in [1.165, 1.54) is 6.07 Å². The minimum Gasteiger partial charge on any atom is -0.339 e. The van der Waals surface area contributed by atoms with Gasteiger partial charge in [0.15, 0.2) is 0 Å². The Morgan fingerprint density at radius 1 is 1.15 bits per heavy atom. The molecule has 1 aromatic heterocycles. The fourth-order valence-corrected chi connectivity index (χ4v) is 3.23. The normalized spacial score (nSPS) is 16.9. The van der Waals surface area contributed by atoms with Crippen molar-refractivity contribution >= 4 is 11.7 Å². The van der Waals surface area contributed by atoms with Gasteiger partial charge in [-0.25, -0.2) is 9.18 Å². The summed E-state index contributed by atoms with van der Waals surface area (Å²) in [5.41, 5.74) is 1.06. The summed E-state index contributed by atoms with van der Waals surface area (Å²) >= 11 is 0. The number of para-hydroxylation sites is 1. The summed E-state index contributed by atoms with van der Waals surface area (Å²) < 4.78 is 19.2. The zero-order chi connectivity index (χ0) is 18.6. The molecule has 2 amide bonds. The van der Waals surface area contributed by atoms with E-state index < -0.39 is 5.82 Å². The molecule has 1 unspecified atom stereocenters. The molecule has 3 aromatic rings. The van der Waals surface area contributed by atoms with E-state index in [4.69, 9.17) is 4.52 Å². The molecule has 1 atom stereocenters. The highest BCUT2D eigenvalue weighted by Crippen LogP contribution is 2.28. The van der Waals surface area contributed by atoms with E-state index in [1.54, 1.807) is 23.1 Å². The molecule has 0 bridgehead atoms. The predicted octanol–water partition coefficient (Wildman–Crippen LogP) is 4.29. The van der Waals surface area contributed by atoms with Crippen molar-refractivity contribution in [3.63, 3.8) is 0 Å². The molecule has 7 heteroatoms. The minimum atomic E-state index is -0.455. The molecule has 138 valence electrons. The van der Waals surface area contributed by atoms with Crippen molar-refractivity contribution in [2.75, 3.05) is 18.4 Å². The van der Waals surface area contributed by atoms with Gasteiger partial charge in [0, 0.05) is 18.7 Å². The number of rotatable bonds is 3. The number of urea groups is 1. The second kappa shape index (κ2) is 7.57. The first-order valence-electron chi connectivity index (χ1n) is 8.90. The monoisotopic (exact) mass is 366 g/mol. The van der Waals surface area contributed by atoms with E-state index in [1.807, 2.05) is 30.3 Å². The Balaban J connectivity index is 1.45. The molecule has 6 nitrogen and oxygen atoms in total. The molecule has 2 heterocycles. The van der Waals surface area contributed by atoms with E-state index in [9.17, 15) is 9.18 Å². The molecule has 0 spiro atoms. The maximum atomic E-state index is 13.8. The van der Waals surface area contributed by atoms with Gasteiger partial charge in [0.05, 0.1) is 11.6 Å². The Morgan fingerprint density at radius 2 is 1.93 bits per heavy atom. The van der Waals surface area contributed by atoms with Crippen LogP contribution in [0, 0.1) is 5.82 Å². The molecule has 0 radical (unpaired) electrons. The third kappa shape index (κ3) is 3.81. The van der Waals surface area contributed by atoms with E-state index in [0.717, 1.165) is 18.4 Å². The summed E-state index contributed by atoms with van der Waals surface area (Å²) in [6.07, 6.45) is 1.68. The quantitative estimate of drug-likeness (QED) is 0.751. The second-order valence-corrected chi connectivity index (χ2v) is 6.52. The number of halogens is 1. The highest BCUT2D eigenvalue weighted by Gasteiger charge is 2.29. The number of amides is 2. The molecular formula is C20H19FN4O2. The van der Waals surface area contributed by atoms with Gasteiger partial charge in [-0.15, -0.1) is 0 Å². The molecule has 0 saturated carbocycles. The van der Waals surface area contributed by atoms with E-state index in [2.05, 4.69) is 15.5 Å². The number of benzene rings is 2. The summed E-state index contributed by atoms with van der Waals surface area (Å²) in [6.45, 7) is 1.06. The number of anilines is 1. The van der Waals surface area contributed by atoms with Crippen LogP contribution < -0.4 is 5.32 Å². The maximum Gasteiger partial charge on any atom is 0.321 e. The maximum absolute atomic E-state index is 13.8. The highest BCUT2D eigenvalue weighted by atomic mass is 19.1. The van der Waals surface area contributed by atoms with Crippen molar-refractivity contribution in [1.29, 1.82) is 0 Å².